The van der Waals surface area contributed by atoms with Crippen molar-refractivity contribution < 1.29 is 4.42 Å². The van der Waals surface area contributed by atoms with E-state index in [9.17, 15) is 4.79 Å². The Morgan fingerprint density at radius 2 is 2.38 bits per heavy atom. The van der Waals surface area contributed by atoms with E-state index in [0.29, 0.717) is 29.2 Å². The number of hydrogen-bond acceptors (Lipinski definition) is 4. The SMILES string of the molecule is CCCc1c(N)nc(-c2ccoc2)[nH]c1=O. The van der Waals surface area contributed by atoms with Gasteiger partial charge >= 0.3 is 0 Å². The van der Waals surface area contributed by atoms with Gasteiger partial charge < -0.3 is 15.1 Å². The molecule has 0 atom stereocenters. The van der Waals surface area contributed by atoms with Crippen molar-refractivity contribution in [1.29, 1.82) is 0 Å². The third-order valence-electron chi connectivity index (χ3n) is 2.34. The number of H-pyrrole nitrogens is 1. The van der Waals surface area contributed by atoms with Crippen molar-refractivity contribution in [2.45, 2.75) is 19.8 Å². The number of anilines is 1. The highest BCUT2D eigenvalue weighted by Gasteiger charge is 2.09. The van der Waals surface area contributed by atoms with E-state index >= 15 is 0 Å². The quantitative estimate of drug-likeness (QED) is 0.820. The molecule has 0 aliphatic carbocycles. The van der Waals surface area contributed by atoms with Gasteiger partial charge in [-0.3, -0.25) is 4.79 Å². The summed E-state index contributed by atoms with van der Waals surface area (Å²) in [4.78, 5) is 18.6. The summed E-state index contributed by atoms with van der Waals surface area (Å²) in [5.74, 6) is 0.734. The molecule has 0 amide bonds. The fraction of sp³-hybridized carbons (Fsp3) is 0.273. The van der Waals surface area contributed by atoms with Gasteiger partial charge in [-0.25, -0.2) is 4.98 Å². The number of aromatic amines is 1. The molecule has 0 unspecified atom stereocenters. The highest BCUT2D eigenvalue weighted by atomic mass is 16.3. The predicted octanol–water partition coefficient (Wildman–Crippen LogP) is 1.56. The van der Waals surface area contributed by atoms with Gasteiger partial charge in [-0.2, -0.15) is 0 Å². The molecule has 0 aliphatic rings. The molecule has 84 valence electrons. The lowest BCUT2D eigenvalue weighted by Crippen LogP contribution is -2.18. The Bertz CT molecular complexity index is 529. The van der Waals surface area contributed by atoms with Crippen LogP contribution in [-0.4, -0.2) is 9.97 Å². The molecule has 16 heavy (non-hydrogen) atoms. The zero-order valence-corrected chi connectivity index (χ0v) is 8.99. The molecular formula is C11H13N3O2. The summed E-state index contributed by atoms with van der Waals surface area (Å²) < 4.78 is 4.92. The lowest BCUT2D eigenvalue weighted by molar-refractivity contribution is 0.568. The summed E-state index contributed by atoms with van der Waals surface area (Å²) in [7, 11) is 0. The van der Waals surface area contributed by atoms with Crippen molar-refractivity contribution >= 4 is 5.82 Å². The second-order valence-electron chi connectivity index (χ2n) is 3.54. The van der Waals surface area contributed by atoms with Crippen LogP contribution >= 0.6 is 0 Å². The molecule has 2 aromatic rings. The Morgan fingerprint density at radius 3 is 2.94 bits per heavy atom. The first-order chi connectivity index (χ1) is 7.72. The predicted molar refractivity (Wildman–Crippen MR) is 61.0 cm³/mol. The molecule has 0 bridgehead atoms. The van der Waals surface area contributed by atoms with E-state index in [0.717, 1.165) is 6.42 Å². The molecular weight excluding hydrogens is 206 g/mol. The van der Waals surface area contributed by atoms with Gasteiger partial charge in [0.2, 0.25) is 0 Å². The first-order valence-electron chi connectivity index (χ1n) is 5.13. The van der Waals surface area contributed by atoms with E-state index in [4.69, 9.17) is 10.2 Å². The van der Waals surface area contributed by atoms with E-state index in [-0.39, 0.29) is 5.56 Å². The van der Waals surface area contributed by atoms with E-state index in [1.165, 1.54) is 12.5 Å². The summed E-state index contributed by atoms with van der Waals surface area (Å²) in [6.45, 7) is 1.99. The van der Waals surface area contributed by atoms with Crippen molar-refractivity contribution in [2.24, 2.45) is 0 Å². The number of rotatable bonds is 3. The third kappa shape index (κ3) is 1.84. The summed E-state index contributed by atoms with van der Waals surface area (Å²) in [5, 5.41) is 0. The standard InChI is InChI=1S/C11H13N3O2/c1-2-3-8-9(12)13-10(14-11(8)15)7-4-5-16-6-7/h4-6H,2-3H2,1H3,(H3,12,13,14,15). The first-order valence-corrected chi connectivity index (χ1v) is 5.13. The van der Waals surface area contributed by atoms with Gasteiger partial charge in [0, 0.05) is 0 Å². The van der Waals surface area contributed by atoms with E-state index < -0.39 is 0 Å². The number of furan rings is 1. The number of nitrogen functional groups attached to an aromatic ring is 1. The molecule has 2 rings (SSSR count). The normalized spacial score (nSPS) is 10.6. The zero-order valence-electron chi connectivity index (χ0n) is 8.99. The largest absolute Gasteiger partial charge is 0.472 e. The van der Waals surface area contributed by atoms with E-state index in [2.05, 4.69) is 9.97 Å². The highest BCUT2D eigenvalue weighted by molar-refractivity contribution is 5.55. The Kier molecular flexibility index (Phi) is 2.76. The molecule has 2 heterocycles. The van der Waals surface area contributed by atoms with Crippen LogP contribution < -0.4 is 11.3 Å². The van der Waals surface area contributed by atoms with Crippen LogP contribution in [-0.2, 0) is 6.42 Å². The molecule has 3 N–H and O–H groups in total. The molecule has 0 saturated carbocycles. The summed E-state index contributed by atoms with van der Waals surface area (Å²) in [6, 6.07) is 1.72. The molecule has 5 heteroatoms. The second kappa shape index (κ2) is 4.22. The summed E-state index contributed by atoms with van der Waals surface area (Å²) in [5.41, 5.74) is 6.84. The number of nitrogens with one attached hydrogen (secondary N) is 1. The van der Waals surface area contributed by atoms with Gasteiger partial charge in [0.1, 0.15) is 17.9 Å². The van der Waals surface area contributed by atoms with Gasteiger partial charge in [-0.05, 0) is 12.5 Å². The Hall–Kier alpha value is -2.04. The van der Waals surface area contributed by atoms with Crippen molar-refractivity contribution in [1.82, 2.24) is 9.97 Å². The number of hydrogen-bond donors (Lipinski definition) is 2. The van der Waals surface area contributed by atoms with Gasteiger partial charge in [0.05, 0.1) is 17.4 Å². The fourth-order valence-corrected chi connectivity index (χ4v) is 1.54. The van der Waals surface area contributed by atoms with Gasteiger partial charge in [0.15, 0.2) is 0 Å². The molecule has 0 radical (unpaired) electrons. The van der Waals surface area contributed by atoms with E-state index in [1.54, 1.807) is 6.07 Å². The Morgan fingerprint density at radius 1 is 1.56 bits per heavy atom. The molecule has 0 spiro atoms. The number of nitrogens with two attached hydrogens (primary N) is 1. The Balaban J connectivity index is 2.49. The Labute approximate surface area is 92.3 Å². The molecule has 0 saturated heterocycles. The van der Waals surface area contributed by atoms with Crippen LogP contribution in [0.15, 0.2) is 27.8 Å². The van der Waals surface area contributed by atoms with Gasteiger partial charge in [-0.15, -0.1) is 0 Å². The maximum atomic E-state index is 11.7. The van der Waals surface area contributed by atoms with E-state index in [1.807, 2.05) is 6.92 Å². The number of aromatic nitrogens is 2. The first kappa shape index (κ1) is 10.5. The monoisotopic (exact) mass is 219 g/mol. The zero-order chi connectivity index (χ0) is 11.5. The van der Waals surface area contributed by atoms with Crippen LogP contribution in [0.25, 0.3) is 11.4 Å². The minimum Gasteiger partial charge on any atom is -0.472 e. The van der Waals surface area contributed by atoms with Gasteiger partial charge in [0.25, 0.3) is 5.56 Å². The van der Waals surface area contributed by atoms with Gasteiger partial charge in [-0.1, -0.05) is 13.3 Å². The van der Waals surface area contributed by atoms with Crippen LogP contribution in [0.3, 0.4) is 0 Å². The molecule has 0 fully saturated rings. The minimum absolute atomic E-state index is 0.175. The van der Waals surface area contributed by atoms with Crippen LogP contribution in [0.4, 0.5) is 5.82 Å². The molecule has 0 aromatic carbocycles. The lowest BCUT2D eigenvalue weighted by atomic mass is 10.2. The minimum atomic E-state index is -0.175. The summed E-state index contributed by atoms with van der Waals surface area (Å²) >= 11 is 0. The van der Waals surface area contributed by atoms with Crippen LogP contribution in [0.5, 0.6) is 0 Å². The molecule has 0 aliphatic heterocycles. The van der Waals surface area contributed by atoms with Crippen molar-refractivity contribution in [3.63, 3.8) is 0 Å². The van der Waals surface area contributed by atoms with Crippen molar-refractivity contribution in [2.75, 3.05) is 5.73 Å². The maximum Gasteiger partial charge on any atom is 0.256 e. The average molecular weight is 219 g/mol. The number of nitrogens with zero attached hydrogens (tertiary/aromatic N) is 1. The van der Waals surface area contributed by atoms with Crippen molar-refractivity contribution in [3.05, 3.63) is 34.5 Å². The second-order valence-corrected chi connectivity index (χ2v) is 3.54. The molecule has 2 aromatic heterocycles. The molecule has 5 nitrogen and oxygen atoms in total. The topological polar surface area (TPSA) is 84.9 Å². The average Bonchev–Trinajstić information content (AvgIpc) is 2.76. The van der Waals surface area contributed by atoms with Crippen LogP contribution in [0, 0.1) is 0 Å². The van der Waals surface area contributed by atoms with Crippen LogP contribution in [0.1, 0.15) is 18.9 Å². The lowest BCUT2D eigenvalue weighted by Gasteiger charge is -2.04. The van der Waals surface area contributed by atoms with Crippen LogP contribution in [0.2, 0.25) is 0 Å². The summed E-state index contributed by atoms with van der Waals surface area (Å²) in [6.07, 6.45) is 4.53. The van der Waals surface area contributed by atoms with Crippen molar-refractivity contribution in [3.8, 4) is 11.4 Å². The third-order valence-corrected chi connectivity index (χ3v) is 2.34. The highest BCUT2D eigenvalue weighted by Crippen LogP contribution is 2.16. The fourth-order valence-electron chi connectivity index (χ4n) is 1.54. The smallest absolute Gasteiger partial charge is 0.256 e. The maximum absolute atomic E-state index is 11.7.